The summed E-state index contributed by atoms with van der Waals surface area (Å²) in [6.45, 7) is 8.11. The van der Waals surface area contributed by atoms with Crippen molar-refractivity contribution in [2.24, 2.45) is 10.2 Å². The maximum absolute atomic E-state index is 13.9. The summed E-state index contributed by atoms with van der Waals surface area (Å²) in [5.41, 5.74) is 2.67. The Balaban J connectivity index is 0.000000978. The van der Waals surface area contributed by atoms with Gasteiger partial charge in [0.15, 0.2) is 0 Å². The second-order valence-corrected chi connectivity index (χ2v) is 10.5. The highest BCUT2D eigenvalue weighted by atomic mass is 32.1. The number of nitrogens with zero attached hydrogens (tertiary/aromatic N) is 3. The van der Waals surface area contributed by atoms with E-state index in [2.05, 4.69) is 24.1 Å². The summed E-state index contributed by atoms with van der Waals surface area (Å²) in [4.78, 5) is 29.3. The highest BCUT2D eigenvalue weighted by Gasteiger charge is 2.42. The van der Waals surface area contributed by atoms with Crippen LogP contribution in [0.1, 0.15) is 91.3 Å². The van der Waals surface area contributed by atoms with Gasteiger partial charge in [-0.25, -0.2) is 0 Å². The summed E-state index contributed by atoms with van der Waals surface area (Å²) < 4.78 is 10.8. The number of thiocarbonyl (C=S) groups is 1. The van der Waals surface area contributed by atoms with Crippen molar-refractivity contribution in [3.63, 3.8) is 0 Å². The number of benzene rings is 3. The number of allylic oxidation sites excluding steroid dienone is 2. The number of fused-ring (bicyclic) bond motifs is 1. The van der Waals surface area contributed by atoms with Crippen molar-refractivity contribution in [3.05, 3.63) is 124 Å². The third-order valence-corrected chi connectivity index (χ3v) is 7.46. The van der Waals surface area contributed by atoms with Crippen LogP contribution < -0.4 is 0 Å². The van der Waals surface area contributed by atoms with Gasteiger partial charge < -0.3 is 9.47 Å². The van der Waals surface area contributed by atoms with Gasteiger partial charge in [-0.15, -0.1) is 10.2 Å². The first-order chi connectivity index (χ1) is 21.3. The largest absolute Gasteiger partial charge is 0.499 e. The number of methoxy groups -OCH3 is 2. The van der Waals surface area contributed by atoms with E-state index >= 15 is 0 Å². The van der Waals surface area contributed by atoms with E-state index in [0.29, 0.717) is 28.5 Å². The second-order valence-electron chi connectivity index (χ2n) is 10.1. The SMILES string of the molecule is CC/C=C(\OC)C(=S)/C(N=Nc1cccc2c1C(=O)N(C(c1ccccc1)c1ccccc1)C2=O)=C(\C)OC.CCCCC. The monoisotopic (exact) mass is 611 g/mol. The van der Waals surface area contributed by atoms with Gasteiger partial charge in [-0.3, -0.25) is 14.5 Å². The van der Waals surface area contributed by atoms with Crippen LogP contribution >= 0.6 is 12.2 Å². The van der Waals surface area contributed by atoms with Gasteiger partial charge in [-0.1, -0.05) is 119 Å². The molecule has 0 atom stereocenters. The third kappa shape index (κ3) is 7.94. The van der Waals surface area contributed by atoms with Crippen LogP contribution in [-0.2, 0) is 9.47 Å². The predicted molar refractivity (Wildman–Crippen MR) is 179 cm³/mol. The molecule has 0 unspecified atom stereocenters. The number of carbonyl (C=O) groups excluding carboxylic acids is 2. The van der Waals surface area contributed by atoms with Crippen LogP contribution in [0.5, 0.6) is 0 Å². The van der Waals surface area contributed by atoms with E-state index in [1.165, 1.54) is 38.4 Å². The lowest BCUT2D eigenvalue weighted by Crippen LogP contribution is -2.34. The molecule has 0 saturated carbocycles. The van der Waals surface area contributed by atoms with Crippen LogP contribution in [0, 0.1) is 0 Å². The minimum Gasteiger partial charge on any atom is -0.499 e. The summed E-state index contributed by atoms with van der Waals surface area (Å²) in [6.07, 6.45) is 6.63. The Bertz CT molecular complexity index is 1490. The van der Waals surface area contributed by atoms with E-state index < -0.39 is 17.9 Å². The lowest BCUT2D eigenvalue weighted by atomic mass is 9.97. The van der Waals surface area contributed by atoms with Gasteiger partial charge in [-0.05, 0) is 42.7 Å². The molecule has 0 bridgehead atoms. The van der Waals surface area contributed by atoms with Gasteiger partial charge in [0.1, 0.15) is 22.1 Å². The van der Waals surface area contributed by atoms with Gasteiger partial charge in [0, 0.05) is 0 Å². The fourth-order valence-electron chi connectivity index (χ4n) is 4.77. The molecule has 44 heavy (non-hydrogen) atoms. The number of azo groups is 1. The minimum atomic E-state index is -0.605. The molecule has 7 nitrogen and oxygen atoms in total. The smallest absolute Gasteiger partial charge is 0.264 e. The first kappa shape index (κ1) is 34.1. The molecular formula is C36H41N3O4S. The van der Waals surface area contributed by atoms with Crippen LogP contribution in [0.4, 0.5) is 5.69 Å². The number of unbranched alkanes of at least 4 members (excludes halogenated alkanes) is 2. The zero-order chi connectivity index (χ0) is 32.1. The average Bonchev–Trinajstić information content (AvgIpc) is 3.31. The number of hydrogen-bond donors (Lipinski definition) is 0. The summed E-state index contributed by atoms with van der Waals surface area (Å²) in [5.74, 6) is 0.0775. The number of imide groups is 1. The van der Waals surface area contributed by atoms with Crippen molar-refractivity contribution in [2.75, 3.05) is 14.2 Å². The fourth-order valence-corrected chi connectivity index (χ4v) is 5.12. The quantitative estimate of drug-likeness (QED) is 0.0670. The standard InChI is InChI=1S/C31H29N3O4S.C5H12/c1-5-13-25(38-4)29(39)27(20(2)37-3)33-32-24-19-12-18-23-26(24)31(36)34(30(23)35)28(21-14-8-6-9-15-21)22-16-10-7-11-17-22;1-3-5-4-2/h6-19,28H,5H2,1-4H3;3-5H2,1-2H3/b25-13-,27-20-,33-32?;. The normalized spacial score (nSPS) is 13.4. The Morgan fingerprint density at radius 1 is 0.841 bits per heavy atom. The van der Waals surface area contributed by atoms with Crippen LogP contribution in [0.3, 0.4) is 0 Å². The number of carbonyl (C=O) groups is 2. The Hall–Kier alpha value is -4.43. The number of rotatable bonds is 12. The van der Waals surface area contributed by atoms with E-state index in [0.717, 1.165) is 11.1 Å². The van der Waals surface area contributed by atoms with E-state index in [9.17, 15) is 9.59 Å². The van der Waals surface area contributed by atoms with E-state index in [1.807, 2.05) is 73.7 Å². The lowest BCUT2D eigenvalue weighted by Gasteiger charge is -2.27. The molecule has 0 aliphatic carbocycles. The fraction of sp³-hybridized carbons (Fsp3) is 0.306. The average molecular weight is 612 g/mol. The van der Waals surface area contributed by atoms with Crippen molar-refractivity contribution in [2.45, 2.75) is 59.4 Å². The molecule has 0 fully saturated rings. The second kappa shape index (κ2) is 17.0. The number of amides is 2. The zero-order valence-electron chi connectivity index (χ0n) is 26.4. The maximum atomic E-state index is 13.9. The first-order valence-electron chi connectivity index (χ1n) is 14.9. The van der Waals surface area contributed by atoms with E-state index in [-0.39, 0.29) is 16.8 Å². The molecule has 0 saturated heterocycles. The van der Waals surface area contributed by atoms with Gasteiger partial charge in [0.25, 0.3) is 11.8 Å². The number of hydrogen-bond acceptors (Lipinski definition) is 7. The first-order valence-corrected chi connectivity index (χ1v) is 15.3. The third-order valence-electron chi connectivity index (χ3n) is 7.07. The molecule has 1 aliphatic rings. The Morgan fingerprint density at radius 3 is 1.91 bits per heavy atom. The van der Waals surface area contributed by atoms with Crippen LogP contribution in [0.15, 0.2) is 112 Å². The van der Waals surface area contributed by atoms with Crippen LogP contribution in [0.25, 0.3) is 0 Å². The summed E-state index contributed by atoms with van der Waals surface area (Å²) in [6, 6.07) is 23.3. The molecule has 8 heteroatoms. The summed E-state index contributed by atoms with van der Waals surface area (Å²) >= 11 is 5.61. The van der Waals surface area contributed by atoms with Crippen molar-refractivity contribution in [1.29, 1.82) is 0 Å². The van der Waals surface area contributed by atoms with Crippen molar-refractivity contribution in [1.82, 2.24) is 4.90 Å². The molecule has 0 N–H and O–H groups in total. The highest BCUT2D eigenvalue weighted by molar-refractivity contribution is 7.81. The van der Waals surface area contributed by atoms with Crippen LogP contribution in [-0.4, -0.2) is 35.8 Å². The molecule has 0 radical (unpaired) electrons. The Labute approximate surface area is 266 Å². The van der Waals surface area contributed by atoms with Crippen LogP contribution in [0.2, 0.25) is 0 Å². The van der Waals surface area contributed by atoms with Gasteiger partial charge in [0.2, 0.25) is 0 Å². The molecule has 4 rings (SSSR count). The maximum Gasteiger partial charge on any atom is 0.264 e. The summed E-state index contributed by atoms with van der Waals surface area (Å²) in [5, 5.41) is 8.76. The van der Waals surface area contributed by atoms with Gasteiger partial charge >= 0.3 is 0 Å². The minimum absolute atomic E-state index is 0.194. The topological polar surface area (TPSA) is 80.6 Å². The van der Waals surface area contributed by atoms with Crippen molar-refractivity contribution in [3.8, 4) is 0 Å². The van der Waals surface area contributed by atoms with Crippen molar-refractivity contribution >= 4 is 34.6 Å². The molecule has 1 heterocycles. The van der Waals surface area contributed by atoms with Gasteiger partial charge in [0.05, 0.1) is 37.1 Å². The predicted octanol–water partition coefficient (Wildman–Crippen LogP) is 9.54. The van der Waals surface area contributed by atoms with Crippen molar-refractivity contribution < 1.29 is 19.1 Å². The number of ether oxygens (including phenoxy) is 2. The highest BCUT2D eigenvalue weighted by Crippen LogP contribution is 2.39. The molecule has 3 aromatic carbocycles. The molecule has 1 aliphatic heterocycles. The Morgan fingerprint density at radius 2 is 1.43 bits per heavy atom. The van der Waals surface area contributed by atoms with E-state index in [4.69, 9.17) is 21.7 Å². The molecule has 0 spiro atoms. The van der Waals surface area contributed by atoms with E-state index in [1.54, 1.807) is 25.1 Å². The molecule has 230 valence electrons. The Kier molecular flexibility index (Phi) is 13.2. The zero-order valence-corrected chi connectivity index (χ0v) is 27.2. The molecule has 3 aromatic rings. The summed E-state index contributed by atoms with van der Waals surface area (Å²) in [7, 11) is 3.04. The molecule has 0 aromatic heterocycles. The lowest BCUT2D eigenvalue weighted by molar-refractivity contribution is 0.0609. The molecule has 2 amide bonds. The molecular weight excluding hydrogens is 570 g/mol. The van der Waals surface area contributed by atoms with Gasteiger partial charge in [-0.2, -0.15) is 0 Å².